The monoisotopic (exact) mass is 354 g/mol. The maximum atomic E-state index is 5.86. The van der Waals surface area contributed by atoms with Crippen molar-refractivity contribution >= 4 is 28.8 Å². The summed E-state index contributed by atoms with van der Waals surface area (Å²) < 4.78 is 0. The molecule has 3 aromatic carbocycles. The van der Waals surface area contributed by atoms with Crippen LogP contribution in [0, 0.1) is 0 Å². The highest BCUT2D eigenvalue weighted by molar-refractivity contribution is 6.01. The molecule has 0 aliphatic carbocycles. The highest BCUT2D eigenvalue weighted by Crippen LogP contribution is 2.35. The molecule has 0 saturated heterocycles. The number of para-hydroxylation sites is 1. The summed E-state index contributed by atoms with van der Waals surface area (Å²) >= 11 is 0. The standard InChI is InChI=1S/C23H22N4/c24-19-11-6-17(7-12-19)8-15-21-16-23(18-9-13-20(25)14-10-18)27(26-21)22-4-2-1-3-5-22/h1-15,23H,16,24-25H2/b15-8+. The first-order valence-electron chi connectivity index (χ1n) is 9.00. The Hall–Kier alpha value is -3.53. The van der Waals surface area contributed by atoms with Crippen LogP contribution in [0.15, 0.2) is 90.0 Å². The summed E-state index contributed by atoms with van der Waals surface area (Å²) in [6.45, 7) is 0. The van der Waals surface area contributed by atoms with Gasteiger partial charge in [0.2, 0.25) is 0 Å². The molecular formula is C23H22N4. The fourth-order valence-corrected chi connectivity index (χ4v) is 3.23. The van der Waals surface area contributed by atoms with Crippen LogP contribution in [-0.2, 0) is 0 Å². The van der Waals surface area contributed by atoms with Gasteiger partial charge in [0.15, 0.2) is 0 Å². The summed E-state index contributed by atoms with van der Waals surface area (Å²) in [5.74, 6) is 0. The van der Waals surface area contributed by atoms with Crippen molar-refractivity contribution in [1.29, 1.82) is 0 Å². The Labute approximate surface area is 159 Å². The first kappa shape index (κ1) is 16.9. The van der Waals surface area contributed by atoms with E-state index in [1.54, 1.807) is 0 Å². The fourth-order valence-electron chi connectivity index (χ4n) is 3.23. The minimum atomic E-state index is 0.152. The number of allylic oxidation sites excluding steroid dienone is 1. The lowest BCUT2D eigenvalue weighted by Gasteiger charge is -2.24. The van der Waals surface area contributed by atoms with E-state index < -0.39 is 0 Å². The van der Waals surface area contributed by atoms with Crippen LogP contribution in [0.2, 0.25) is 0 Å². The minimum absolute atomic E-state index is 0.152. The molecule has 4 nitrogen and oxygen atoms in total. The molecule has 1 aliphatic rings. The van der Waals surface area contributed by atoms with Gasteiger partial charge in [0.1, 0.15) is 0 Å². The van der Waals surface area contributed by atoms with E-state index in [0.717, 1.165) is 34.8 Å². The van der Waals surface area contributed by atoms with Crippen LogP contribution < -0.4 is 16.5 Å². The Morgan fingerprint density at radius 2 is 1.41 bits per heavy atom. The number of hydrazone groups is 1. The molecule has 0 aromatic heterocycles. The van der Waals surface area contributed by atoms with Gasteiger partial charge in [-0.25, -0.2) is 0 Å². The Balaban J connectivity index is 1.63. The summed E-state index contributed by atoms with van der Waals surface area (Å²) in [6.07, 6.45) is 5.00. The predicted octanol–water partition coefficient (Wildman–Crippen LogP) is 4.87. The van der Waals surface area contributed by atoms with Crippen LogP contribution in [0.25, 0.3) is 6.08 Å². The zero-order chi connectivity index (χ0) is 18.6. The molecule has 4 heteroatoms. The summed E-state index contributed by atoms with van der Waals surface area (Å²) in [5, 5.41) is 6.97. The second-order valence-corrected chi connectivity index (χ2v) is 6.66. The van der Waals surface area contributed by atoms with Gasteiger partial charge < -0.3 is 11.5 Å². The number of rotatable bonds is 4. The van der Waals surface area contributed by atoms with Crippen LogP contribution in [0.3, 0.4) is 0 Å². The third-order valence-corrected chi connectivity index (χ3v) is 4.68. The second-order valence-electron chi connectivity index (χ2n) is 6.66. The molecule has 1 atom stereocenters. The normalized spacial score (nSPS) is 16.7. The number of benzene rings is 3. The largest absolute Gasteiger partial charge is 0.399 e. The van der Waals surface area contributed by atoms with Crippen LogP contribution >= 0.6 is 0 Å². The van der Waals surface area contributed by atoms with Gasteiger partial charge >= 0.3 is 0 Å². The second kappa shape index (κ2) is 7.38. The van der Waals surface area contributed by atoms with Crippen molar-refractivity contribution in [2.45, 2.75) is 12.5 Å². The molecule has 1 unspecified atom stereocenters. The molecule has 3 aromatic rings. The summed E-state index contributed by atoms with van der Waals surface area (Å²) in [4.78, 5) is 0. The van der Waals surface area contributed by atoms with E-state index in [9.17, 15) is 0 Å². The smallest absolute Gasteiger partial charge is 0.0831 e. The van der Waals surface area contributed by atoms with Gasteiger partial charge in [0.05, 0.1) is 17.4 Å². The summed E-state index contributed by atoms with van der Waals surface area (Å²) in [7, 11) is 0. The zero-order valence-electron chi connectivity index (χ0n) is 15.0. The minimum Gasteiger partial charge on any atom is -0.399 e. The fraction of sp³-hybridized carbons (Fsp3) is 0.0870. The molecule has 0 radical (unpaired) electrons. The van der Waals surface area contributed by atoms with E-state index in [1.807, 2.05) is 54.6 Å². The van der Waals surface area contributed by atoms with Crippen molar-refractivity contribution in [3.8, 4) is 0 Å². The topological polar surface area (TPSA) is 67.6 Å². The van der Waals surface area contributed by atoms with Crippen molar-refractivity contribution in [3.05, 3.63) is 96.1 Å². The molecule has 134 valence electrons. The lowest BCUT2D eigenvalue weighted by molar-refractivity contribution is 0.709. The van der Waals surface area contributed by atoms with Gasteiger partial charge in [-0.05, 0) is 53.6 Å². The van der Waals surface area contributed by atoms with Crippen molar-refractivity contribution in [1.82, 2.24) is 0 Å². The highest BCUT2D eigenvalue weighted by atomic mass is 15.5. The Morgan fingerprint density at radius 1 is 0.778 bits per heavy atom. The molecule has 0 bridgehead atoms. The lowest BCUT2D eigenvalue weighted by Crippen LogP contribution is -2.18. The Bertz CT molecular complexity index is 958. The number of nitrogens with zero attached hydrogens (tertiary/aromatic N) is 2. The van der Waals surface area contributed by atoms with Gasteiger partial charge in [-0.1, -0.05) is 48.5 Å². The van der Waals surface area contributed by atoms with E-state index in [0.29, 0.717) is 0 Å². The first-order chi connectivity index (χ1) is 13.2. The van der Waals surface area contributed by atoms with Crippen molar-refractivity contribution in [2.24, 2.45) is 5.10 Å². The number of hydrogen-bond acceptors (Lipinski definition) is 4. The van der Waals surface area contributed by atoms with Crippen molar-refractivity contribution in [2.75, 3.05) is 16.5 Å². The maximum absolute atomic E-state index is 5.86. The first-order valence-corrected chi connectivity index (χ1v) is 9.00. The van der Waals surface area contributed by atoms with Gasteiger partial charge in [0, 0.05) is 17.8 Å². The highest BCUT2D eigenvalue weighted by Gasteiger charge is 2.28. The van der Waals surface area contributed by atoms with E-state index in [1.165, 1.54) is 5.56 Å². The van der Waals surface area contributed by atoms with Gasteiger partial charge in [0.25, 0.3) is 0 Å². The van der Waals surface area contributed by atoms with Gasteiger partial charge in [-0.2, -0.15) is 5.10 Å². The molecule has 4 rings (SSSR count). The van der Waals surface area contributed by atoms with Gasteiger partial charge in [-0.3, -0.25) is 5.01 Å². The summed E-state index contributed by atoms with van der Waals surface area (Å²) in [6, 6.07) is 26.3. The van der Waals surface area contributed by atoms with E-state index in [2.05, 4.69) is 41.4 Å². The SMILES string of the molecule is Nc1ccc(/C=C/C2=NN(c3ccccc3)C(c3ccc(N)cc3)C2)cc1. The lowest BCUT2D eigenvalue weighted by atomic mass is 10.0. The van der Waals surface area contributed by atoms with E-state index >= 15 is 0 Å². The van der Waals surface area contributed by atoms with Crippen LogP contribution in [0.4, 0.5) is 17.1 Å². The van der Waals surface area contributed by atoms with Gasteiger partial charge in [-0.15, -0.1) is 0 Å². The molecule has 0 fully saturated rings. The molecule has 27 heavy (non-hydrogen) atoms. The molecule has 0 saturated carbocycles. The Morgan fingerprint density at radius 3 is 2.07 bits per heavy atom. The van der Waals surface area contributed by atoms with Crippen LogP contribution in [-0.4, -0.2) is 5.71 Å². The maximum Gasteiger partial charge on any atom is 0.0831 e. The third-order valence-electron chi connectivity index (χ3n) is 4.68. The average Bonchev–Trinajstić information content (AvgIpc) is 3.13. The molecule has 1 aliphatic heterocycles. The number of anilines is 3. The Kier molecular flexibility index (Phi) is 4.62. The van der Waals surface area contributed by atoms with Crippen molar-refractivity contribution in [3.63, 3.8) is 0 Å². The number of nitrogen functional groups attached to an aromatic ring is 2. The number of hydrogen-bond donors (Lipinski definition) is 2. The molecule has 4 N–H and O–H groups in total. The van der Waals surface area contributed by atoms with Crippen molar-refractivity contribution < 1.29 is 0 Å². The number of nitrogens with two attached hydrogens (primary N) is 2. The summed E-state index contributed by atoms with van der Waals surface area (Å²) in [5.41, 5.74) is 17.6. The molecule has 0 amide bonds. The quantitative estimate of drug-likeness (QED) is 0.657. The predicted molar refractivity (Wildman–Crippen MR) is 114 cm³/mol. The van der Waals surface area contributed by atoms with E-state index in [-0.39, 0.29) is 6.04 Å². The molecular weight excluding hydrogens is 332 g/mol. The molecule has 1 heterocycles. The molecule has 0 spiro atoms. The van der Waals surface area contributed by atoms with Crippen LogP contribution in [0.1, 0.15) is 23.6 Å². The van der Waals surface area contributed by atoms with Crippen LogP contribution in [0.5, 0.6) is 0 Å². The third kappa shape index (κ3) is 3.85. The van der Waals surface area contributed by atoms with E-state index in [4.69, 9.17) is 16.6 Å². The average molecular weight is 354 g/mol. The zero-order valence-corrected chi connectivity index (χ0v) is 15.0.